The number of aliphatic imine (C=N–C) groups is 1. The number of nitrogens with zero attached hydrogens (tertiary/aromatic N) is 3. The van der Waals surface area contributed by atoms with Crippen LogP contribution in [0.5, 0.6) is 5.88 Å². The van der Waals surface area contributed by atoms with Crippen LogP contribution in [0.4, 0.5) is 0 Å². The van der Waals surface area contributed by atoms with Crippen molar-refractivity contribution in [3.05, 3.63) is 23.4 Å². The predicted molar refractivity (Wildman–Crippen MR) is 62.1 cm³/mol. The molecule has 5 nitrogen and oxygen atoms in total. The lowest BCUT2D eigenvalue weighted by molar-refractivity contribution is 0.232. The third kappa shape index (κ3) is 2.53. The average Bonchev–Trinajstić information content (AvgIpc) is 2.82. The summed E-state index contributed by atoms with van der Waals surface area (Å²) in [5, 5.41) is 9.05. The van der Waals surface area contributed by atoms with Crippen LogP contribution >= 0.6 is 0 Å². The van der Waals surface area contributed by atoms with Crippen molar-refractivity contribution in [1.82, 2.24) is 4.98 Å². The van der Waals surface area contributed by atoms with Crippen molar-refractivity contribution in [3.63, 3.8) is 0 Å². The second kappa shape index (κ2) is 4.83. The summed E-state index contributed by atoms with van der Waals surface area (Å²) in [5.41, 5.74) is 1.12. The zero-order chi connectivity index (χ0) is 12.3. The van der Waals surface area contributed by atoms with Crippen LogP contribution in [-0.2, 0) is 4.74 Å². The Bertz CT molecular complexity index is 489. The SMILES string of the molecule is CC(C)Oc1ncc(C2=NCCO2)cc1C#N. The third-order valence-electron chi connectivity index (χ3n) is 2.15. The van der Waals surface area contributed by atoms with Gasteiger partial charge in [-0.1, -0.05) is 0 Å². The molecule has 1 aliphatic heterocycles. The topological polar surface area (TPSA) is 67.5 Å². The fourth-order valence-electron chi connectivity index (χ4n) is 1.48. The Morgan fingerprint density at radius 3 is 2.94 bits per heavy atom. The number of hydrogen-bond acceptors (Lipinski definition) is 5. The van der Waals surface area contributed by atoms with E-state index >= 15 is 0 Å². The number of rotatable bonds is 3. The van der Waals surface area contributed by atoms with Crippen LogP contribution in [0.3, 0.4) is 0 Å². The zero-order valence-corrected chi connectivity index (χ0v) is 9.80. The van der Waals surface area contributed by atoms with Crippen molar-refractivity contribution in [2.75, 3.05) is 13.2 Å². The van der Waals surface area contributed by atoms with Crippen molar-refractivity contribution in [3.8, 4) is 11.9 Å². The lowest BCUT2D eigenvalue weighted by Gasteiger charge is -2.10. The standard InChI is InChI=1S/C12H13N3O2/c1-8(2)17-12-9(6-13)5-10(7-15-12)11-14-3-4-16-11/h5,7-8H,3-4H2,1-2H3. The lowest BCUT2D eigenvalue weighted by atomic mass is 10.2. The maximum Gasteiger partial charge on any atom is 0.231 e. The Labute approximate surface area is 99.7 Å². The number of ether oxygens (including phenoxy) is 2. The van der Waals surface area contributed by atoms with Crippen LogP contribution in [0.25, 0.3) is 0 Å². The van der Waals surface area contributed by atoms with Gasteiger partial charge in [-0.2, -0.15) is 5.26 Å². The molecule has 0 atom stereocenters. The first-order chi connectivity index (χ1) is 8.20. The van der Waals surface area contributed by atoms with Crippen LogP contribution in [0.2, 0.25) is 0 Å². The highest BCUT2D eigenvalue weighted by Gasteiger charge is 2.14. The molecule has 2 rings (SSSR count). The lowest BCUT2D eigenvalue weighted by Crippen LogP contribution is -2.10. The smallest absolute Gasteiger partial charge is 0.231 e. The highest BCUT2D eigenvalue weighted by Crippen LogP contribution is 2.18. The molecule has 1 aromatic rings. The van der Waals surface area contributed by atoms with E-state index < -0.39 is 0 Å². The Hall–Kier alpha value is -2.09. The van der Waals surface area contributed by atoms with E-state index in [9.17, 15) is 0 Å². The van der Waals surface area contributed by atoms with Gasteiger partial charge in [-0.3, -0.25) is 0 Å². The largest absolute Gasteiger partial charge is 0.475 e. The van der Waals surface area contributed by atoms with Gasteiger partial charge < -0.3 is 9.47 Å². The minimum Gasteiger partial charge on any atom is -0.475 e. The molecule has 0 unspecified atom stereocenters. The highest BCUT2D eigenvalue weighted by atomic mass is 16.5. The van der Waals surface area contributed by atoms with E-state index in [1.807, 2.05) is 13.8 Å². The zero-order valence-electron chi connectivity index (χ0n) is 9.80. The van der Waals surface area contributed by atoms with Crippen molar-refractivity contribution < 1.29 is 9.47 Å². The van der Waals surface area contributed by atoms with Gasteiger partial charge in [-0.15, -0.1) is 0 Å². The van der Waals surface area contributed by atoms with Crippen LogP contribution < -0.4 is 4.74 Å². The molecule has 5 heteroatoms. The van der Waals surface area contributed by atoms with E-state index in [1.54, 1.807) is 12.3 Å². The average molecular weight is 231 g/mol. The van der Waals surface area contributed by atoms with E-state index in [0.29, 0.717) is 30.5 Å². The van der Waals surface area contributed by atoms with Gasteiger partial charge in [0.2, 0.25) is 11.8 Å². The summed E-state index contributed by atoms with van der Waals surface area (Å²) in [4.78, 5) is 8.30. The van der Waals surface area contributed by atoms with Crippen molar-refractivity contribution >= 4 is 5.90 Å². The second-order valence-electron chi connectivity index (χ2n) is 3.89. The van der Waals surface area contributed by atoms with E-state index in [1.165, 1.54) is 0 Å². The monoisotopic (exact) mass is 231 g/mol. The molecule has 0 fully saturated rings. The summed E-state index contributed by atoms with van der Waals surface area (Å²) < 4.78 is 10.8. The van der Waals surface area contributed by atoms with Crippen LogP contribution in [0, 0.1) is 11.3 Å². The maximum absolute atomic E-state index is 9.05. The van der Waals surface area contributed by atoms with E-state index in [-0.39, 0.29) is 6.10 Å². The molecule has 0 saturated heterocycles. The molecule has 0 aliphatic carbocycles. The van der Waals surface area contributed by atoms with E-state index in [0.717, 1.165) is 5.56 Å². The summed E-state index contributed by atoms with van der Waals surface area (Å²) in [6, 6.07) is 3.76. The molecule has 2 heterocycles. The molecule has 1 aromatic heterocycles. The van der Waals surface area contributed by atoms with E-state index in [4.69, 9.17) is 14.7 Å². The number of aromatic nitrogens is 1. The Morgan fingerprint density at radius 1 is 1.53 bits per heavy atom. The normalized spacial score (nSPS) is 14.1. The van der Waals surface area contributed by atoms with Gasteiger partial charge in [0.25, 0.3) is 0 Å². The minimum atomic E-state index is -0.0134. The van der Waals surface area contributed by atoms with Gasteiger partial charge in [-0.05, 0) is 19.9 Å². The van der Waals surface area contributed by atoms with Gasteiger partial charge in [0.15, 0.2) is 0 Å². The second-order valence-corrected chi connectivity index (χ2v) is 3.89. The molecular weight excluding hydrogens is 218 g/mol. The Kier molecular flexibility index (Phi) is 3.24. The van der Waals surface area contributed by atoms with Gasteiger partial charge >= 0.3 is 0 Å². The molecule has 88 valence electrons. The fourth-order valence-corrected chi connectivity index (χ4v) is 1.48. The van der Waals surface area contributed by atoms with Gasteiger partial charge in [0.05, 0.1) is 18.2 Å². The first kappa shape index (κ1) is 11.4. The van der Waals surface area contributed by atoms with Crippen molar-refractivity contribution in [2.24, 2.45) is 4.99 Å². The Morgan fingerprint density at radius 2 is 2.35 bits per heavy atom. The molecule has 0 bridgehead atoms. The van der Waals surface area contributed by atoms with Gasteiger partial charge in [-0.25, -0.2) is 9.98 Å². The molecule has 1 aliphatic rings. The third-order valence-corrected chi connectivity index (χ3v) is 2.15. The molecule has 0 spiro atoms. The summed E-state index contributed by atoms with van der Waals surface area (Å²) >= 11 is 0. The fraction of sp³-hybridized carbons (Fsp3) is 0.417. The first-order valence-corrected chi connectivity index (χ1v) is 5.45. The molecule has 0 N–H and O–H groups in total. The number of nitriles is 1. The van der Waals surface area contributed by atoms with Crippen LogP contribution in [0.1, 0.15) is 25.0 Å². The summed E-state index contributed by atoms with van der Waals surface area (Å²) in [6.07, 6.45) is 1.60. The first-order valence-electron chi connectivity index (χ1n) is 5.45. The number of hydrogen-bond donors (Lipinski definition) is 0. The molecule has 0 radical (unpaired) electrons. The summed E-state index contributed by atoms with van der Waals surface area (Å²) in [6.45, 7) is 5.02. The number of pyridine rings is 1. The van der Waals surface area contributed by atoms with E-state index in [2.05, 4.69) is 16.0 Å². The van der Waals surface area contributed by atoms with Crippen LogP contribution in [0.15, 0.2) is 17.3 Å². The molecule has 0 saturated carbocycles. The summed E-state index contributed by atoms with van der Waals surface area (Å²) in [5.74, 6) is 0.898. The van der Waals surface area contributed by atoms with Crippen molar-refractivity contribution in [2.45, 2.75) is 20.0 Å². The Balaban J connectivity index is 2.31. The molecule has 0 aromatic carbocycles. The quantitative estimate of drug-likeness (QED) is 0.790. The van der Waals surface area contributed by atoms with Gasteiger partial charge in [0, 0.05) is 6.20 Å². The molecule has 0 amide bonds. The highest BCUT2D eigenvalue weighted by molar-refractivity contribution is 5.95. The minimum absolute atomic E-state index is 0.0134. The molecule has 17 heavy (non-hydrogen) atoms. The van der Waals surface area contributed by atoms with Crippen molar-refractivity contribution in [1.29, 1.82) is 5.26 Å². The van der Waals surface area contributed by atoms with Crippen LogP contribution in [-0.4, -0.2) is 30.1 Å². The summed E-state index contributed by atoms with van der Waals surface area (Å²) in [7, 11) is 0. The van der Waals surface area contributed by atoms with Gasteiger partial charge in [0.1, 0.15) is 18.2 Å². The molecular formula is C12H13N3O2. The predicted octanol–water partition coefficient (Wildman–Crippen LogP) is 1.52. The maximum atomic E-state index is 9.05.